The molecule has 1 aliphatic rings. The monoisotopic (exact) mass is 141 g/mol. The fraction of sp³-hybridized carbons (Fsp3) is 0.875. The van der Waals surface area contributed by atoms with E-state index in [9.17, 15) is 4.79 Å². The second-order valence-electron chi connectivity index (χ2n) is 3.80. The normalized spacial score (nSPS) is 31.5. The van der Waals surface area contributed by atoms with Gasteiger partial charge in [-0.05, 0) is 19.8 Å². The molecule has 2 nitrogen and oxygen atoms in total. The van der Waals surface area contributed by atoms with E-state index in [-0.39, 0.29) is 11.3 Å². The Labute approximate surface area is 62.0 Å². The molecule has 10 heavy (non-hydrogen) atoms. The first kappa shape index (κ1) is 7.58. The highest BCUT2D eigenvalue weighted by Crippen LogP contribution is 2.27. The number of piperidine rings is 1. The molecule has 1 N–H and O–H groups in total. The van der Waals surface area contributed by atoms with Gasteiger partial charge in [0.2, 0.25) is 5.91 Å². The van der Waals surface area contributed by atoms with Crippen LogP contribution in [0.25, 0.3) is 0 Å². The second kappa shape index (κ2) is 2.26. The third-order valence-electron chi connectivity index (χ3n) is 2.19. The van der Waals surface area contributed by atoms with E-state index in [1.807, 2.05) is 20.8 Å². The summed E-state index contributed by atoms with van der Waals surface area (Å²) in [5.41, 5.74) is -0.132. The number of amides is 1. The molecule has 1 atom stereocenters. The van der Waals surface area contributed by atoms with E-state index in [1.54, 1.807) is 0 Å². The molecule has 2 heteroatoms. The summed E-state index contributed by atoms with van der Waals surface area (Å²) in [6, 6.07) is 0.375. The predicted octanol–water partition coefficient (Wildman–Crippen LogP) is 1.31. The molecule has 1 rings (SSSR count). The van der Waals surface area contributed by atoms with Gasteiger partial charge in [-0.25, -0.2) is 0 Å². The summed E-state index contributed by atoms with van der Waals surface area (Å²) in [7, 11) is 0. The lowest BCUT2D eigenvalue weighted by molar-refractivity contribution is -0.132. The second-order valence-corrected chi connectivity index (χ2v) is 3.80. The minimum Gasteiger partial charge on any atom is -0.353 e. The molecule has 1 unspecified atom stereocenters. The zero-order valence-corrected chi connectivity index (χ0v) is 6.90. The van der Waals surface area contributed by atoms with Gasteiger partial charge >= 0.3 is 0 Å². The Morgan fingerprint density at radius 2 is 2.20 bits per heavy atom. The van der Waals surface area contributed by atoms with Crippen LogP contribution in [0.15, 0.2) is 0 Å². The van der Waals surface area contributed by atoms with Crippen LogP contribution in [0, 0.1) is 5.41 Å². The van der Waals surface area contributed by atoms with Crippen LogP contribution < -0.4 is 5.32 Å². The van der Waals surface area contributed by atoms with E-state index in [2.05, 4.69) is 5.32 Å². The van der Waals surface area contributed by atoms with Crippen molar-refractivity contribution in [1.29, 1.82) is 0 Å². The van der Waals surface area contributed by atoms with Crippen LogP contribution in [0.4, 0.5) is 0 Å². The van der Waals surface area contributed by atoms with Gasteiger partial charge in [0, 0.05) is 11.5 Å². The van der Waals surface area contributed by atoms with Crippen molar-refractivity contribution in [2.45, 2.75) is 39.7 Å². The standard InChI is InChI=1S/C8H15NO/c1-6-4-5-8(2,3)7(10)9-6/h6H,4-5H2,1-3H3,(H,9,10). The lowest BCUT2D eigenvalue weighted by atomic mass is 9.82. The average Bonchev–Trinajstić information content (AvgIpc) is 1.81. The quantitative estimate of drug-likeness (QED) is 0.541. The molecule has 1 saturated heterocycles. The first-order valence-electron chi connectivity index (χ1n) is 3.83. The summed E-state index contributed by atoms with van der Waals surface area (Å²) in [6.07, 6.45) is 2.12. The van der Waals surface area contributed by atoms with Gasteiger partial charge in [0.15, 0.2) is 0 Å². The number of carbonyl (C=O) groups is 1. The maximum Gasteiger partial charge on any atom is 0.225 e. The largest absolute Gasteiger partial charge is 0.353 e. The van der Waals surface area contributed by atoms with Crippen molar-refractivity contribution in [2.75, 3.05) is 0 Å². The van der Waals surface area contributed by atoms with Crippen molar-refractivity contribution >= 4 is 5.91 Å². The van der Waals surface area contributed by atoms with Crippen LogP contribution in [0.3, 0.4) is 0 Å². The van der Waals surface area contributed by atoms with E-state index in [4.69, 9.17) is 0 Å². The number of nitrogens with one attached hydrogen (secondary N) is 1. The van der Waals surface area contributed by atoms with Crippen molar-refractivity contribution in [3.63, 3.8) is 0 Å². The van der Waals surface area contributed by atoms with Gasteiger partial charge in [0.1, 0.15) is 0 Å². The smallest absolute Gasteiger partial charge is 0.225 e. The molecular formula is C8H15NO. The van der Waals surface area contributed by atoms with Crippen molar-refractivity contribution in [3.8, 4) is 0 Å². The van der Waals surface area contributed by atoms with Gasteiger partial charge < -0.3 is 5.32 Å². The van der Waals surface area contributed by atoms with Crippen molar-refractivity contribution in [1.82, 2.24) is 5.32 Å². The average molecular weight is 141 g/mol. The molecule has 0 aliphatic carbocycles. The highest BCUT2D eigenvalue weighted by molar-refractivity contribution is 5.82. The summed E-state index contributed by atoms with van der Waals surface area (Å²) in [5, 5.41) is 2.93. The summed E-state index contributed by atoms with van der Waals surface area (Å²) in [4.78, 5) is 11.2. The molecule has 0 aromatic carbocycles. The lowest BCUT2D eigenvalue weighted by Gasteiger charge is -2.32. The van der Waals surface area contributed by atoms with E-state index in [0.29, 0.717) is 6.04 Å². The minimum atomic E-state index is -0.132. The first-order valence-corrected chi connectivity index (χ1v) is 3.83. The summed E-state index contributed by atoms with van der Waals surface area (Å²) < 4.78 is 0. The van der Waals surface area contributed by atoms with Crippen LogP contribution in [0.1, 0.15) is 33.6 Å². The van der Waals surface area contributed by atoms with Crippen LogP contribution in [-0.2, 0) is 4.79 Å². The Morgan fingerprint density at radius 3 is 2.60 bits per heavy atom. The predicted molar refractivity (Wildman–Crippen MR) is 40.6 cm³/mol. The molecule has 0 aromatic rings. The third kappa shape index (κ3) is 1.31. The van der Waals surface area contributed by atoms with Gasteiger partial charge in [-0.15, -0.1) is 0 Å². The zero-order chi connectivity index (χ0) is 7.78. The molecule has 1 fully saturated rings. The van der Waals surface area contributed by atoms with E-state index in [1.165, 1.54) is 0 Å². The molecule has 0 radical (unpaired) electrons. The molecule has 1 heterocycles. The van der Waals surface area contributed by atoms with Gasteiger partial charge in [-0.1, -0.05) is 13.8 Å². The maximum absolute atomic E-state index is 11.2. The Hall–Kier alpha value is -0.530. The maximum atomic E-state index is 11.2. The molecule has 0 aromatic heterocycles. The van der Waals surface area contributed by atoms with Gasteiger partial charge in [0.25, 0.3) is 0 Å². The minimum absolute atomic E-state index is 0.132. The molecule has 58 valence electrons. The van der Waals surface area contributed by atoms with Crippen LogP contribution in [0.2, 0.25) is 0 Å². The van der Waals surface area contributed by atoms with Gasteiger partial charge in [-0.2, -0.15) is 0 Å². The summed E-state index contributed by atoms with van der Waals surface area (Å²) >= 11 is 0. The first-order chi connectivity index (χ1) is 4.52. The van der Waals surface area contributed by atoms with Crippen molar-refractivity contribution in [2.24, 2.45) is 5.41 Å². The molecule has 0 saturated carbocycles. The Balaban J connectivity index is 2.61. The molecule has 0 bridgehead atoms. The van der Waals surface area contributed by atoms with E-state index in [0.717, 1.165) is 12.8 Å². The Bertz CT molecular complexity index is 151. The van der Waals surface area contributed by atoms with Crippen molar-refractivity contribution in [3.05, 3.63) is 0 Å². The molecule has 0 spiro atoms. The third-order valence-corrected chi connectivity index (χ3v) is 2.19. The van der Waals surface area contributed by atoms with Gasteiger partial charge in [-0.3, -0.25) is 4.79 Å². The Morgan fingerprint density at radius 1 is 1.60 bits per heavy atom. The van der Waals surface area contributed by atoms with Crippen LogP contribution >= 0.6 is 0 Å². The van der Waals surface area contributed by atoms with Crippen LogP contribution in [-0.4, -0.2) is 11.9 Å². The zero-order valence-electron chi connectivity index (χ0n) is 6.90. The summed E-state index contributed by atoms with van der Waals surface area (Å²) in [5.74, 6) is 0.200. The number of rotatable bonds is 0. The number of carbonyl (C=O) groups excluding carboxylic acids is 1. The lowest BCUT2D eigenvalue weighted by Crippen LogP contribution is -2.46. The molecule has 1 aliphatic heterocycles. The molecule has 1 amide bonds. The summed E-state index contributed by atoms with van der Waals surface area (Å²) in [6.45, 7) is 6.04. The highest BCUT2D eigenvalue weighted by Gasteiger charge is 2.32. The van der Waals surface area contributed by atoms with Crippen LogP contribution in [0.5, 0.6) is 0 Å². The van der Waals surface area contributed by atoms with E-state index >= 15 is 0 Å². The van der Waals surface area contributed by atoms with Crippen molar-refractivity contribution < 1.29 is 4.79 Å². The fourth-order valence-electron chi connectivity index (χ4n) is 1.18. The van der Waals surface area contributed by atoms with E-state index < -0.39 is 0 Å². The molecular weight excluding hydrogens is 126 g/mol. The Kier molecular flexibility index (Phi) is 1.71. The highest BCUT2D eigenvalue weighted by atomic mass is 16.2. The fourth-order valence-corrected chi connectivity index (χ4v) is 1.18. The number of hydrogen-bond acceptors (Lipinski definition) is 1. The number of hydrogen-bond donors (Lipinski definition) is 1. The van der Waals surface area contributed by atoms with Gasteiger partial charge in [0.05, 0.1) is 0 Å². The SMILES string of the molecule is CC1CCC(C)(C)C(=O)N1. The topological polar surface area (TPSA) is 29.1 Å².